The van der Waals surface area contributed by atoms with Gasteiger partial charge in [0.05, 0.1) is 5.56 Å². The zero-order chi connectivity index (χ0) is 18.0. The lowest BCUT2D eigenvalue weighted by Gasteiger charge is -2.28. The van der Waals surface area contributed by atoms with Crippen molar-refractivity contribution >= 4 is 5.91 Å². The maximum Gasteiger partial charge on any atom is 0.253 e. The molecule has 1 fully saturated rings. The third-order valence-corrected chi connectivity index (χ3v) is 4.43. The summed E-state index contributed by atoms with van der Waals surface area (Å²) < 4.78 is 40.0. The Kier molecular flexibility index (Phi) is 4.79. The van der Waals surface area contributed by atoms with Crippen LogP contribution in [0, 0.1) is 12.7 Å². The van der Waals surface area contributed by atoms with Gasteiger partial charge in [0.2, 0.25) is 5.92 Å². The van der Waals surface area contributed by atoms with Gasteiger partial charge >= 0.3 is 0 Å². The number of benzene rings is 1. The van der Waals surface area contributed by atoms with Crippen molar-refractivity contribution in [2.45, 2.75) is 44.6 Å². The molecule has 1 aliphatic carbocycles. The molecule has 2 aromatic rings. The molecule has 1 aliphatic rings. The quantitative estimate of drug-likeness (QED) is 0.887. The zero-order valence-corrected chi connectivity index (χ0v) is 13.9. The first kappa shape index (κ1) is 17.5. The lowest BCUT2D eigenvalue weighted by atomic mass is 9.92. The van der Waals surface area contributed by atoms with Crippen molar-refractivity contribution < 1.29 is 18.0 Å². The van der Waals surface area contributed by atoms with Gasteiger partial charge in [-0.15, -0.1) is 0 Å². The number of nitrogens with zero attached hydrogens (tertiary/aromatic N) is 1. The van der Waals surface area contributed by atoms with Crippen molar-refractivity contribution in [3.8, 4) is 11.1 Å². The number of hydrogen-bond acceptors (Lipinski definition) is 2. The molecule has 132 valence electrons. The molecule has 0 atom stereocenters. The predicted octanol–water partition coefficient (Wildman–Crippen LogP) is 4.50. The summed E-state index contributed by atoms with van der Waals surface area (Å²) in [7, 11) is 0. The molecule has 0 unspecified atom stereocenters. The molecular formula is C19H19F3N2O. The Hall–Kier alpha value is -2.37. The van der Waals surface area contributed by atoms with Gasteiger partial charge < -0.3 is 5.32 Å². The molecule has 0 bridgehead atoms. The number of hydrogen-bond donors (Lipinski definition) is 1. The van der Waals surface area contributed by atoms with Crippen LogP contribution in [0.4, 0.5) is 13.2 Å². The first-order valence-electron chi connectivity index (χ1n) is 8.24. The van der Waals surface area contributed by atoms with Crippen LogP contribution in [0.1, 0.15) is 41.6 Å². The van der Waals surface area contributed by atoms with Crippen LogP contribution >= 0.6 is 0 Å². The summed E-state index contributed by atoms with van der Waals surface area (Å²) in [6, 6.07) is 5.99. The highest BCUT2D eigenvalue weighted by Gasteiger charge is 2.35. The molecule has 25 heavy (non-hydrogen) atoms. The Balaban J connectivity index is 1.74. The van der Waals surface area contributed by atoms with E-state index in [2.05, 4.69) is 10.3 Å². The Morgan fingerprint density at radius 1 is 1.12 bits per heavy atom. The molecule has 1 aromatic carbocycles. The molecule has 0 aliphatic heterocycles. The van der Waals surface area contributed by atoms with E-state index in [0.717, 1.165) is 5.56 Å². The fourth-order valence-electron chi connectivity index (χ4n) is 3.08. The fourth-order valence-corrected chi connectivity index (χ4v) is 3.08. The van der Waals surface area contributed by atoms with E-state index in [1.165, 1.54) is 18.3 Å². The lowest BCUT2D eigenvalue weighted by Crippen LogP contribution is -2.40. The number of carbonyl (C=O) groups is 1. The number of nitrogens with one attached hydrogen (secondary N) is 1. The van der Waals surface area contributed by atoms with E-state index >= 15 is 0 Å². The fraction of sp³-hybridized carbons (Fsp3) is 0.368. The minimum atomic E-state index is -2.63. The summed E-state index contributed by atoms with van der Waals surface area (Å²) in [5, 5.41) is 2.79. The first-order valence-corrected chi connectivity index (χ1v) is 8.24. The molecule has 3 nitrogen and oxygen atoms in total. The average Bonchev–Trinajstić information content (AvgIpc) is 2.56. The summed E-state index contributed by atoms with van der Waals surface area (Å²) in [6.07, 6.45) is 3.08. The zero-order valence-electron chi connectivity index (χ0n) is 13.9. The first-order chi connectivity index (χ1) is 11.8. The van der Waals surface area contributed by atoms with Gasteiger partial charge in [0.15, 0.2) is 0 Å². The van der Waals surface area contributed by atoms with Crippen LogP contribution in [0.5, 0.6) is 0 Å². The molecule has 1 heterocycles. The van der Waals surface area contributed by atoms with Crippen LogP contribution in [0.15, 0.2) is 36.7 Å². The van der Waals surface area contributed by atoms with Crippen molar-refractivity contribution in [3.63, 3.8) is 0 Å². The van der Waals surface area contributed by atoms with Gasteiger partial charge in [-0.1, -0.05) is 6.07 Å². The van der Waals surface area contributed by atoms with Crippen LogP contribution in [0.2, 0.25) is 0 Å². The van der Waals surface area contributed by atoms with Crippen LogP contribution in [0.25, 0.3) is 11.1 Å². The number of halogens is 3. The monoisotopic (exact) mass is 348 g/mol. The molecule has 1 saturated carbocycles. The Bertz CT molecular complexity index is 762. The summed E-state index contributed by atoms with van der Waals surface area (Å²) in [5.74, 6) is -3.33. The molecule has 3 rings (SSSR count). The average molecular weight is 348 g/mol. The van der Waals surface area contributed by atoms with Gasteiger partial charge in [0.1, 0.15) is 5.82 Å². The molecule has 0 saturated heterocycles. The maximum absolute atomic E-state index is 13.6. The largest absolute Gasteiger partial charge is 0.349 e. The third-order valence-electron chi connectivity index (χ3n) is 4.43. The van der Waals surface area contributed by atoms with Gasteiger partial charge in [0, 0.05) is 36.8 Å². The number of alkyl halides is 2. The predicted molar refractivity (Wildman–Crippen MR) is 89.0 cm³/mol. The number of aromatic nitrogens is 1. The molecule has 6 heteroatoms. The summed E-state index contributed by atoms with van der Waals surface area (Å²) in [6.45, 7) is 1.79. The van der Waals surface area contributed by atoms with E-state index in [9.17, 15) is 18.0 Å². The highest BCUT2D eigenvalue weighted by molar-refractivity contribution is 5.95. The van der Waals surface area contributed by atoms with Crippen LogP contribution < -0.4 is 5.32 Å². The number of amides is 1. The Labute approximate surface area is 144 Å². The second-order valence-corrected chi connectivity index (χ2v) is 6.58. The third kappa shape index (κ3) is 4.38. The molecule has 1 N–H and O–H groups in total. The summed E-state index contributed by atoms with van der Waals surface area (Å²) in [5.41, 5.74) is 2.37. The topological polar surface area (TPSA) is 42.0 Å². The molecule has 0 radical (unpaired) electrons. The highest BCUT2D eigenvalue weighted by Crippen LogP contribution is 2.33. The SMILES string of the molecule is Cc1cc(F)cc(-c2cncc(C(=O)NC3CCC(F)(F)CC3)c2)c1. The van der Waals surface area contributed by atoms with Crippen molar-refractivity contribution in [1.29, 1.82) is 0 Å². The normalized spacial score (nSPS) is 17.3. The van der Waals surface area contributed by atoms with E-state index in [-0.39, 0.29) is 43.4 Å². The Morgan fingerprint density at radius 3 is 2.52 bits per heavy atom. The van der Waals surface area contributed by atoms with Gasteiger partial charge in [-0.05, 0) is 49.1 Å². The van der Waals surface area contributed by atoms with Gasteiger partial charge in [-0.3, -0.25) is 9.78 Å². The highest BCUT2D eigenvalue weighted by atomic mass is 19.3. The summed E-state index contributed by atoms with van der Waals surface area (Å²) in [4.78, 5) is 16.4. The van der Waals surface area contributed by atoms with E-state index in [0.29, 0.717) is 16.7 Å². The number of aryl methyl sites for hydroxylation is 1. The molecular weight excluding hydrogens is 329 g/mol. The number of carbonyl (C=O) groups excluding carboxylic acids is 1. The number of pyridine rings is 1. The molecule has 1 amide bonds. The minimum absolute atomic E-state index is 0.210. The van der Waals surface area contributed by atoms with Crippen LogP contribution in [-0.4, -0.2) is 22.9 Å². The van der Waals surface area contributed by atoms with Gasteiger partial charge in [-0.25, -0.2) is 13.2 Å². The lowest BCUT2D eigenvalue weighted by molar-refractivity contribution is -0.0399. The van der Waals surface area contributed by atoms with E-state index in [1.54, 1.807) is 19.2 Å². The van der Waals surface area contributed by atoms with Gasteiger partial charge in [0.25, 0.3) is 5.91 Å². The van der Waals surface area contributed by atoms with Crippen LogP contribution in [-0.2, 0) is 0 Å². The van der Waals surface area contributed by atoms with Crippen molar-refractivity contribution in [2.75, 3.05) is 0 Å². The van der Waals surface area contributed by atoms with Crippen LogP contribution in [0.3, 0.4) is 0 Å². The second kappa shape index (κ2) is 6.86. The Morgan fingerprint density at radius 2 is 1.84 bits per heavy atom. The van der Waals surface area contributed by atoms with E-state index < -0.39 is 5.92 Å². The smallest absolute Gasteiger partial charge is 0.253 e. The standard InChI is InChI=1S/C19H19F3N2O/c1-12-6-13(9-16(20)7-12)14-8-15(11-23-10-14)18(25)24-17-2-4-19(21,22)5-3-17/h6-11,17H,2-5H2,1H3,(H,24,25). The summed E-state index contributed by atoms with van der Waals surface area (Å²) >= 11 is 0. The van der Waals surface area contributed by atoms with Crippen molar-refractivity contribution in [1.82, 2.24) is 10.3 Å². The van der Waals surface area contributed by atoms with Crippen molar-refractivity contribution in [3.05, 3.63) is 53.6 Å². The van der Waals surface area contributed by atoms with E-state index in [4.69, 9.17) is 0 Å². The second-order valence-electron chi connectivity index (χ2n) is 6.58. The number of rotatable bonds is 3. The maximum atomic E-state index is 13.6. The minimum Gasteiger partial charge on any atom is -0.349 e. The van der Waals surface area contributed by atoms with E-state index in [1.807, 2.05) is 6.07 Å². The van der Waals surface area contributed by atoms with Gasteiger partial charge in [-0.2, -0.15) is 0 Å². The molecule has 1 aromatic heterocycles. The molecule has 0 spiro atoms. The van der Waals surface area contributed by atoms with Crippen molar-refractivity contribution in [2.24, 2.45) is 0 Å².